The number of carbonyl (C=O) groups excluding carboxylic acids is 2. The van der Waals surface area contributed by atoms with E-state index < -0.39 is 5.97 Å². The first-order valence-corrected chi connectivity index (χ1v) is 10.4. The molecule has 1 aliphatic heterocycles. The van der Waals surface area contributed by atoms with Gasteiger partial charge in [0.2, 0.25) is 5.91 Å². The number of ether oxygens (including phenoxy) is 3. The highest BCUT2D eigenvalue weighted by Gasteiger charge is 2.27. The molecule has 31 heavy (non-hydrogen) atoms. The van der Waals surface area contributed by atoms with Gasteiger partial charge in [0.15, 0.2) is 11.5 Å². The molecule has 0 atom stereocenters. The van der Waals surface area contributed by atoms with Crippen LogP contribution in [0.5, 0.6) is 11.5 Å². The molecule has 0 aliphatic carbocycles. The molecule has 0 aromatic heterocycles. The molecule has 7 heteroatoms. The number of aryl methyl sites for hydroxylation is 1. The number of hydrogen-bond donors (Lipinski definition) is 1. The number of nitrogens with zero attached hydrogens (tertiary/aromatic N) is 1. The van der Waals surface area contributed by atoms with Gasteiger partial charge in [-0.15, -0.1) is 0 Å². The predicted octanol–water partition coefficient (Wildman–Crippen LogP) is 3.65. The number of esters is 1. The summed E-state index contributed by atoms with van der Waals surface area (Å²) in [7, 11) is 4.29. The third-order valence-electron chi connectivity index (χ3n) is 5.67. The maximum atomic E-state index is 12.9. The Bertz CT molecular complexity index is 918. The van der Waals surface area contributed by atoms with Crippen LogP contribution in [0.1, 0.15) is 34.3 Å². The van der Waals surface area contributed by atoms with Gasteiger partial charge in [0.05, 0.1) is 32.6 Å². The van der Waals surface area contributed by atoms with Gasteiger partial charge in [-0.05, 0) is 38.4 Å². The lowest BCUT2D eigenvalue weighted by Gasteiger charge is -2.31. The van der Waals surface area contributed by atoms with Crippen LogP contribution in [-0.4, -0.2) is 51.2 Å². The first-order valence-electron chi connectivity index (χ1n) is 10.4. The molecule has 1 saturated heterocycles. The lowest BCUT2D eigenvalue weighted by molar-refractivity contribution is -0.121. The number of carbonyl (C=O) groups is 2. The second kappa shape index (κ2) is 10.3. The van der Waals surface area contributed by atoms with Gasteiger partial charge >= 0.3 is 5.97 Å². The van der Waals surface area contributed by atoms with Crippen molar-refractivity contribution < 1.29 is 23.8 Å². The normalized spacial score (nSPS) is 14.7. The SMILES string of the molecule is COC(=O)c1cc(OC)c(OC)cc1NC(=O)C1CCN(Cc2ccc(C)cc2)CC1. The Hall–Kier alpha value is -3.06. The fraction of sp³-hybridized carbons (Fsp3) is 0.417. The van der Waals surface area contributed by atoms with Gasteiger partial charge in [-0.2, -0.15) is 0 Å². The molecule has 3 rings (SSSR count). The van der Waals surface area contributed by atoms with Crippen molar-refractivity contribution in [3.63, 3.8) is 0 Å². The molecular weight excluding hydrogens is 396 g/mol. The van der Waals surface area contributed by atoms with E-state index in [2.05, 4.69) is 41.4 Å². The minimum atomic E-state index is -0.552. The molecule has 1 heterocycles. The van der Waals surface area contributed by atoms with Crippen molar-refractivity contribution in [1.29, 1.82) is 0 Å². The number of benzene rings is 2. The fourth-order valence-electron chi connectivity index (χ4n) is 3.80. The average Bonchev–Trinajstić information content (AvgIpc) is 2.80. The minimum Gasteiger partial charge on any atom is -0.493 e. The van der Waals surface area contributed by atoms with Crippen LogP contribution in [0.15, 0.2) is 36.4 Å². The van der Waals surface area contributed by atoms with E-state index in [0.29, 0.717) is 17.2 Å². The number of hydrogen-bond acceptors (Lipinski definition) is 6. The van der Waals surface area contributed by atoms with E-state index in [1.807, 2.05) is 0 Å². The molecule has 0 radical (unpaired) electrons. The van der Waals surface area contributed by atoms with Gasteiger partial charge in [0.25, 0.3) is 0 Å². The van der Waals surface area contributed by atoms with Crippen LogP contribution >= 0.6 is 0 Å². The molecule has 1 N–H and O–H groups in total. The van der Waals surface area contributed by atoms with Crippen LogP contribution < -0.4 is 14.8 Å². The zero-order valence-corrected chi connectivity index (χ0v) is 18.6. The van der Waals surface area contributed by atoms with Crippen molar-refractivity contribution in [2.24, 2.45) is 5.92 Å². The Kier molecular flexibility index (Phi) is 7.52. The Morgan fingerprint density at radius 2 is 1.61 bits per heavy atom. The Morgan fingerprint density at radius 1 is 1.00 bits per heavy atom. The molecule has 1 fully saturated rings. The first-order chi connectivity index (χ1) is 14.9. The van der Waals surface area contributed by atoms with E-state index in [0.717, 1.165) is 32.5 Å². The van der Waals surface area contributed by atoms with E-state index in [1.165, 1.54) is 38.5 Å². The van der Waals surface area contributed by atoms with Crippen molar-refractivity contribution in [2.75, 3.05) is 39.7 Å². The number of anilines is 1. The highest BCUT2D eigenvalue weighted by atomic mass is 16.5. The smallest absolute Gasteiger partial charge is 0.340 e. The van der Waals surface area contributed by atoms with Gasteiger partial charge in [-0.25, -0.2) is 4.79 Å². The standard InChI is InChI=1S/C24H30N2O5/c1-16-5-7-17(8-6-16)15-26-11-9-18(10-12-26)23(27)25-20-14-22(30-3)21(29-2)13-19(20)24(28)31-4/h5-8,13-14,18H,9-12,15H2,1-4H3,(H,25,27). The van der Waals surface area contributed by atoms with Crippen LogP contribution in [0.4, 0.5) is 5.69 Å². The second-order valence-corrected chi connectivity index (χ2v) is 7.77. The Morgan fingerprint density at radius 3 is 2.19 bits per heavy atom. The highest BCUT2D eigenvalue weighted by molar-refractivity contribution is 6.02. The Balaban J connectivity index is 1.65. The third-order valence-corrected chi connectivity index (χ3v) is 5.67. The number of methoxy groups -OCH3 is 3. The summed E-state index contributed by atoms with van der Waals surface area (Å²) in [6.45, 7) is 4.66. The number of rotatable bonds is 7. The summed E-state index contributed by atoms with van der Waals surface area (Å²) in [5, 5.41) is 2.90. The predicted molar refractivity (Wildman–Crippen MR) is 119 cm³/mol. The van der Waals surface area contributed by atoms with Crippen LogP contribution in [0, 0.1) is 12.8 Å². The number of amides is 1. The van der Waals surface area contributed by atoms with Gasteiger partial charge in [0.1, 0.15) is 0 Å². The fourth-order valence-corrected chi connectivity index (χ4v) is 3.80. The molecule has 0 saturated carbocycles. The van der Waals surface area contributed by atoms with Crippen LogP contribution in [-0.2, 0) is 16.1 Å². The quantitative estimate of drug-likeness (QED) is 0.681. The van der Waals surface area contributed by atoms with Crippen LogP contribution in [0.3, 0.4) is 0 Å². The maximum absolute atomic E-state index is 12.9. The van der Waals surface area contributed by atoms with Crippen molar-refractivity contribution in [1.82, 2.24) is 4.90 Å². The first kappa shape index (κ1) is 22.6. The van der Waals surface area contributed by atoms with E-state index in [-0.39, 0.29) is 17.4 Å². The summed E-state index contributed by atoms with van der Waals surface area (Å²) < 4.78 is 15.4. The van der Waals surface area contributed by atoms with Crippen molar-refractivity contribution in [3.8, 4) is 11.5 Å². The van der Waals surface area contributed by atoms with E-state index in [4.69, 9.17) is 14.2 Å². The van der Waals surface area contributed by atoms with Crippen LogP contribution in [0.25, 0.3) is 0 Å². The molecule has 2 aromatic rings. The summed E-state index contributed by atoms with van der Waals surface area (Å²) in [6.07, 6.45) is 1.52. The zero-order valence-electron chi connectivity index (χ0n) is 18.6. The summed E-state index contributed by atoms with van der Waals surface area (Å²) in [5.41, 5.74) is 3.11. The molecule has 0 bridgehead atoms. The monoisotopic (exact) mass is 426 g/mol. The summed E-state index contributed by atoms with van der Waals surface area (Å²) in [4.78, 5) is 27.5. The largest absolute Gasteiger partial charge is 0.493 e. The number of nitrogens with one attached hydrogen (secondary N) is 1. The molecule has 7 nitrogen and oxygen atoms in total. The highest BCUT2D eigenvalue weighted by Crippen LogP contribution is 2.34. The molecule has 0 unspecified atom stereocenters. The van der Waals surface area contributed by atoms with Gasteiger partial charge in [-0.1, -0.05) is 29.8 Å². The topological polar surface area (TPSA) is 77.1 Å². The van der Waals surface area contributed by atoms with Crippen molar-refractivity contribution in [3.05, 3.63) is 53.1 Å². The lowest BCUT2D eigenvalue weighted by Crippen LogP contribution is -2.37. The van der Waals surface area contributed by atoms with E-state index >= 15 is 0 Å². The number of piperidine rings is 1. The molecule has 2 aromatic carbocycles. The molecular formula is C24H30N2O5. The average molecular weight is 427 g/mol. The lowest BCUT2D eigenvalue weighted by atomic mass is 9.95. The van der Waals surface area contributed by atoms with Crippen molar-refractivity contribution in [2.45, 2.75) is 26.3 Å². The van der Waals surface area contributed by atoms with E-state index in [1.54, 1.807) is 6.07 Å². The van der Waals surface area contributed by atoms with Gasteiger partial charge < -0.3 is 19.5 Å². The molecule has 0 spiro atoms. The maximum Gasteiger partial charge on any atom is 0.340 e. The molecule has 166 valence electrons. The Labute approximate surface area is 183 Å². The third kappa shape index (κ3) is 5.55. The molecule has 1 aliphatic rings. The summed E-state index contributed by atoms with van der Waals surface area (Å²) >= 11 is 0. The van der Waals surface area contributed by atoms with Gasteiger partial charge in [-0.3, -0.25) is 9.69 Å². The van der Waals surface area contributed by atoms with E-state index in [9.17, 15) is 9.59 Å². The second-order valence-electron chi connectivity index (χ2n) is 7.77. The van der Waals surface area contributed by atoms with Gasteiger partial charge in [0, 0.05) is 24.6 Å². The minimum absolute atomic E-state index is 0.104. The summed E-state index contributed by atoms with van der Waals surface area (Å²) in [5.74, 6) is 0.0491. The van der Waals surface area contributed by atoms with Crippen molar-refractivity contribution >= 4 is 17.6 Å². The summed E-state index contributed by atoms with van der Waals surface area (Å²) in [6, 6.07) is 11.7. The molecule has 1 amide bonds. The zero-order chi connectivity index (χ0) is 22.4. The number of likely N-dealkylation sites (tertiary alicyclic amines) is 1. The van der Waals surface area contributed by atoms with Crippen LogP contribution in [0.2, 0.25) is 0 Å².